The first kappa shape index (κ1) is 19.9. The summed E-state index contributed by atoms with van der Waals surface area (Å²) in [5.41, 5.74) is -0.330. The van der Waals surface area contributed by atoms with E-state index in [2.05, 4.69) is 10.3 Å². The normalized spacial score (nSPS) is 12.6. The maximum Gasteiger partial charge on any atom is 0.416 e. The minimum Gasteiger partial charge on any atom is -0.476 e. The van der Waals surface area contributed by atoms with Gasteiger partial charge in [0.05, 0.1) is 10.6 Å². The van der Waals surface area contributed by atoms with E-state index < -0.39 is 23.6 Å². The maximum absolute atomic E-state index is 12.7. The van der Waals surface area contributed by atoms with Crippen molar-refractivity contribution in [2.24, 2.45) is 5.92 Å². The van der Waals surface area contributed by atoms with Gasteiger partial charge in [-0.05, 0) is 18.1 Å². The van der Waals surface area contributed by atoms with Gasteiger partial charge in [-0.2, -0.15) is 13.2 Å². The molecule has 0 saturated heterocycles. The second kappa shape index (κ2) is 8.31. The number of hydrogen-bond acceptors (Lipinski definition) is 4. The Hall–Kier alpha value is -2.42. The van der Waals surface area contributed by atoms with Crippen LogP contribution in [0.15, 0.2) is 29.6 Å². The molecule has 0 fully saturated rings. The van der Waals surface area contributed by atoms with Crippen molar-refractivity contribution in [2.75, 3.05) is 6.54 Å². The van der Waals surface area contributed by atoms with Crippen molar-refractivity contribution in [1.29, 1.82) is 0 Å². The number of aromatic carboxylic acids is 1. The first-order valence-corrected chi connectivity index (χ1v) is 8.66. The molecule has 26 heavy (non-hydrogen) atoms. The van der Waals surface area contributed by atoms with Crippen LogP contribution >= 0.6 is 11.3 Å². The summed E-state index contributed by atoms with van der Waals surface area (Å²) in [6, 6.07) is 4.92. The highest BCUT2D eigenvalue weighted by Gasteiger charge is 2.30. The average Bonchev–Trinajstić information content (AvgIpc) is 3.03. The van der Waals surface area contributed by atoms with Crippen molar-refractivity contribution >= 4 is 23.2 Å². The van der Waals surface area contributed by atoms with E-state index in [0.717, 1.165) is 12.1 Å². The van der Waals surface area contributed by atoms with Gasteiger partial charge in [-0.1, -0.05) is 25.1 Å². The zero-order valence-electron chi connectivity index (χ0n) is 13.8. The summed E-state index contributed by atoms with van der Waals surface area (Å²) in [5.74, 6) is -1.88. The summed E-state index contributed by atoms with van der Waals surface area (Å²) < 4.78 is 38.2. The molecule has 2 rings (SSSR count). The number of alkyl halides is 3. The molecule has 5 nitrogen and oxygen atoms in total. The number of aromatic nitrogens is 1. The van der Waals surface area contributed by atoms with E-state index in [1.54, 1.807) is 13.0 Å². The van der Waals surface area contributed by atoms with Crippen LogP contribution in [0.4, 0.5) is 13.2 Å². The van der Waals surface area contributed by atoms with Gasteiger partial charge in [0.15, 0.2) is 5.69 Å². The molecular weight excluding hydrogens is 369 g/mol. The van der Waals surface area contributed by atoms with E-state index in [0.29, 0.717) is 17.0 Å². The standard InChI is InChI=1S/C17H17F3N2O3S/c1-10(7-11-3-2-4-12(8-11)17(18,19)20)15(23)21-6-5-14-22-13(9-26-14)16(24)25/h2-4,8-10H,5-7H2,1H3,(H,21,23)(H,24,25). The second-order valence-corrected chi connectivity index (χ2v) is 6.72. The predicted octanol–water partition coefficient (Wildman–Crippen LogP) is 3.40. The number of amides is 1. The quantitative estimate of drug-likeness (QED) is 0.765. The smallest absolute Gasteiger partial charge is 0.416 e. The van der Waals surface area contributed by atoms with Gasteiger partial charge < -0.3 is 10.4 Å². The molecule has 1 unspecified atom stereocenters. The van der Waals surface area contributed by atoms with E-state index in [4.69, 9.17) is 5.11 Å². The SMILES string of the molecule is CC(Cc1cccc(C(F)(F)F)c1)C(=O)NCCc1nc(C(=O)O)cs1. The van der Waals surface area contributed by atoms with Gasteiger partial charge in [-0.25, -0.2) is 9.78 Å². The zero-order valence-corrected chi connectivity index (χ0v) is 14.7. The highest BCUT2D eigenvalue weighted by atomic mass is 32.1. The van der Waals surface area contributed by atoms with Gasteiger partial charge in [0.25, 0.3) is 0 Å². The van der Waals surface area contributed by atoms with Crippen molar-refractivity contribution in [3.05, 3.63) is 51.5 Å². The number of benzene rings is 1. The Bertz CT molecular complexity index is 790. The lowest BCUT2D eigenvalue weighted by molar-refractivity contribution is -0.137. The Morgan fingerprint density at radius 2 is 2.08 bits per heavy atom. The maximum atomic E-state index is 12.7. The van der Waals surface area contributed by atoms with E-state index >= 15 is 0 Å². The third kappa shape index (κ3) is 5.55. The minimum atomic E-state index is -4.41. The number of carbonyl (C=O) groups is 2. The van der Waals surface area contributed by atoms with Crippen molar-refractivity contribution in [3.63, 3.8) is 0 Å². The lowest BCUT2D eigenvalue weighted by atomic mass is 9.98. The van der Waals surface area contributed by atoms with Crippen LogP contribution in [0, 0.1) is 5.92 Å². The lowest BCUT2D eigenvalue weighted by Crippen LogP contribution is -2.31. The Labute approximate surface area is 151 Å². The number of nitrogens with one attached hydrogen (secondary N) is 1. The van der Waals surface area contributed by atoms with Gasteiger partial charge in [-0.15, -0.1) is 11.3 Å². The lowest BCUT2D eigenvalue weighted by Gasteiger charge is -2.13. The third-order valence-corrected chi connectivity index (χ3v) is 4.56. The number of carbonyl (C=O) groups excluding carboxylic acids is 1. The van der Waals surface area contributed by atoms with E-state index in [1.807, 2.05) is 0 Å². The molecule has 0 bridgehead atoms. The molecule has 1 aromatic carbocycles. The molecule has 2 aromatic rings. The third-order valence-electron chi connectivity index (χ3n) is 3.65. The largest absolute Gasteiger partial charge is 0.476 e. The Kier molecular flexibility index (Phi) is 6.36. The molecular formula is C17H17F3N2O3S. The second-order valence-electron chi connectivity index (χ2n) is 5.78. The molecule has 1 amide bonds. The topological polar surface area (TPSA) is 79.3 Å². The van der Waals surface area contributed by atoms with Crippen LogP contribution < -0.4 is 5.32 Å². The molecule has 0 radical (unpaired) electrons. The molecule has 140 valence electrons. The van der Waals surface area contributed by atoms with Crippen molar-refractivity contribution in [3.8, 4) is 0 Å². The number of rotatable bonds is 7. The molecule has 0 aliphatic heterocycles. The van der Waals surface area contributed by atoms with Crippen molar-refractivity contribution in [1.82, 2.24) is 10.3 Å². The number of hydrogen-bond donors (Lipinski definition) is 2. The number of carboxylic acid groups (broad SMARTS) is 1. The number of halogens is 3. The van der Waals surface area contributed by atoms with Crippen LogP contribution in [-0.2, 0) is 23.8 Å². The summed E-state index contributed by atoms with van der Waals surface area (Å²) in [7, 11) is 0. The summed E-state index contributed by atoms with van der Waals surface area (Å²) in [6.07, 6.45) is -3.83. The Morgan fingerprint density at radius 1 is 1.35 bits per heavy atom. The van der Waals surface area contributed by atoms with Crippen LogP contribution in [0.2, 0.25) is 0 Å². The first-order chi connectivity index (χ1) is 12.2. The zero-order chi connectivity index (χ0) is 19.3. The number of nitrogens with zero attached hydrogens (tertiary/aromatic N) is 1. The van der Waals surface area contributed by atoms with E-state index in [-0.39, 0.29) is 24.6 Å². The Balaban J connectivity index is 1.84. The molecule has 0 saturated carbocycles. The molecule has 0 aliphatic carbocycles. The van der Waals surface area contributed by atoms with Gasteiger partial charge in [-0.3, -0.25) is 4.79 Å². The molecule has 2 N–H and O–H groups in total. The summed E-state index contributed by atoms with van der Waals surface area (Å²) in [6.45, 7) is 1.92. The molecule has 0 aliphatic rings. The highest BCUT2D eigenvalue weighted by molar-refractivity contribution is 7.09. The first-order valence-electron chi connectivity index (χ1n) is 7.78. The summed E-state index contributed by atoms with van der Waals surface area (Å²) >= 11 is 1.19. The molecule has 1 aromatic heterocycles. The minimum absolute atomic E-state index is 0.0331. The fraction of sp³-hybridized carbons (Fsp3) is 0.353. The molecule has 1 heterocycles. The van der Waals surface area contributed by atoms with Crippen LogP contribution in [0.1, 0.15) is 33.5 Å². The van der Waals surface area contributed by atoms with Gasteiger partial charge in [0.2, 0.25) is 5.91 Å². The van der Waals surface area contributed by atoms with E-state index in [1.165, 1.54) is 22.8 Å². The predicted molar refractivity (Wildman–Crippen MR) is 90.1 cm³/mol. The molecule has 0 spiro atoms. The summed E-state index contributed by atoms with van der Waals surface area (Å²) in [4.78, 5) is 26.8. The fourth-order valence-corrected chi connectivity index (χ4v) is 3.08. The number of thiazole rings is 1. The summed E-state index contributed by atoms with van der Waals surface area (Å²) in [5, 5.41) is 13.5. The Morgan fingerprint density at radius 3 is 2.69 bits per heavy atom. The average molecular weight is 386 g/mol. The van der Waals surface area contributed by atoms with Crippen LogP contribution in [0.3, 0.4) is 0 Å². The molecule has 9 heteroatoms. The van der Waals surface area contributed by atoms with Crippen LogP contribution in [0.25, 0.3) is 0 Å². The van der Waals surface area contributed by atoms with Crippen molar-refractivity contribution < 1.29 is 27.9 Å². The van der Waals surface area contributed by atoms with Gasteiger partial charge >= 0.3 is 12.1 Å². The molecule has 1 atom stereocenters. The monoisotopic (exact) mass is 386 g/mol. The van der Waals surface area contributed by atoms with Gasteiger partial charge in [0.1, 0.15) is 0 Å². The van der Waals surface area contributed by atoms with Crippen LogP contribution in [0.5, 0.6) is 0 Å². The van der Waals surface area contributed by atoms with Crippen LogP contribution in [-0.4, -0.2) is 28.5 Å². The van der Waals surface area contributed by atoms with E-state index in [9.17, 15) is 22.8 Å². The van der Waals surface area contributed by atoms with Crippen molar-refractivity contribution in [2.45, 2.75) is 25.9 Å². The number of carboxylic acids is 1. The highest BCUT2D eigenvalue weighted by Crippen LogP contribution is 2.30. The van der Waals surface area contributed by atoms with Gasteiger partial charge in [0, 0.05) is 24.3 Å². The fourth-order valence-electron chi connectivity index (χ4n) is 2.31.